The normalized spacial score (nSPS) is 21.7. The van der Waals surface area contributed by atoms with Crippen LogP contribution < -0.4 is 4.72 Å². The van der Waals surface area contributed by atoms with Crippen LogP contribution in [0.2, 0.25) is 0 Å². The van der Waals surface area contributed by atoms with Gasteiger partial charge in [-0.1, -0.05) is 30.3 Å². The summed E-state index contributed by atoms with van der Waals surface area (Å²) in [5, 5.41) is 1.24. The van der Waals surface area contributed by atoms with E-state index in [0.717, 1.165) is 25.1 Å². The fraction of sp³-hybridized carbons (Fsp3) is 0.385. The fourth-order valence-electron chi connectivity index (χ4n) is 2.04. The lowest BCUT2D eigenvalue weighted by atomic mass is 10.2. The van der Waals surface area contributed by atoms with E-state index < -0.39 is 10.0 Å². The summed E-state index contributed by atoms with van der Waals surface area (Å²) in [7, 11) is -1.35. The smallest absolute Gasteiger partial charge is 0.234 e. The molecule has 0 radical (unpaired) electrons. The van der Waals surface area contributed by atoms with Gasteiger partial charge >= 0.3 is 0 Å². The highest BCUT2D eigenvalue weighted by Crippen LogP contribution is 2.09. The Morgan fingerprint density at radius 1 is 1.39 bits per heavy atom. The van der Waals surface area contributed by atoms with Gasteiger partial charge in [-0.15, -0.1) is 0 Å². The van der Waals surface area contributed by atoms with Crippen molar-refractivity contribution in [2.75, 3.05) is 20.1 Å². The molecule has 0 saturated carbocycles. The first-order valence-electron chi connectivity index (χ1n) is 5.99. The van der Waals surface area contributed by atoms with Crippen molar-refractivity contribution in [2.24, 2.45) is 0 Å². The predicted molar refractivity (Wildman–Crippen MR) is 75.5 cm³/mol. The third kappa shape index (κ3) is 3.94. The SMILES string of the molecule is CN1CCC(NS(=O)(=O)/C=C/c2ccccc2)C1.[HH]. The molecular weight excluding hydrogens is 248 g/mol. The van der Waals surface area contributed by atoms with Gasteiger partial charge in [0, 0.05) is 19.4 Å². The van der Waals surface area contributed by atoms with Gasteiger partial charge in [0.1, 0.15) is 0 Å². The third-order valence-corrected chi connectivity index (χ3v) is 4.12. The number of nitrogens with one attached hydrogen (secondary N) is 1. The minimum atomic E-state index is -3.34. The van der Waals surface area contributed by atoms with Crippen LogP contribution in [0.5, 0.6) is 0 Å². The molecule has 0 aliphatic carbocycles. The van der Waals surface area contributed by atoms with E-state index in [0.29, 0.717) is 0 Å². The molecule has 5 heteroatoms. The van der Waals surface area contributed by atoms with Crippen LogP contribution in [0.1, 0.15) is 13.4 Å². The Balaban J connectivity index is 0.00000180. The molecule has 1 atom stereocenters. The second kappa shape index (κ2) is 5.65. The monoisotopic (exact) mass is 268 g/mol. The van der Waals surface area contributed by atoms with Crippen LogP contribution in [-0.4, -0.2) is 39.5 Å². The van der Waals surface area contributed by atoms with E-state index in [1.807, 2.05) is 37.4 Å². The molecule has 1 aliphatic heterocycles. The summed E-state index contributed by atoms with van der Waals surface area (Å²) in [5.74, 6) is 0. The van der Waals surface area contributed by atoms with E-state index in [1.54, 1.807) is 6.08 Å². The van der Waals surface area contributed by atoms with Crippen molar-refractivity contribution in [1.82, 2.24) is 9.62 Å². The standard InChI is InChI=1S/C13H18N2O2S.H2/c1-15-9-7-13(11-15)14-18(16,17)10-8-12-5-3-2-4-6-12;/h2-6,8,10,13-14H,7,9,11H2,1H3;1H/b10-8+;. The second-order valence-corrected chi connectivity index (χ2v) is 6.22. The molecule has 1 aliphatic rings. The van der Waals surface area contributed by atoms with Gasteiger partial charge in [-0.25, -0.2) is 13.1 Å². The Morgan fingerprint density at radius 3 is 2.72 bits per heavy atom. The van der Waals surface area contributed by atoms with Crippen LogP contribution in [-0.2, 0) is 10.0 Å². The van der Waals surface area contributed by atoms with Gasteiger partial charge in [0.15, 0.2) is 0 Å². The summed E-state index contributed by atoms with van der Waals surface area (Å²) in [4.78, 5) is 2.12. The summed E-state index contributed by atoms with van der Waals surface area (Å²) in [6.45, 7) is 1.72. The molecule has 2 rings (SSSR count). The molecule has 1 fully saturated rings. The van der Waals surface area contributed by atoms with Crippen LogP contribution in [0.25, 0.3) is 6.08 Å². The van der Waals surface area contributed by atoms with E-state index >= 15 is 0 Å². The minimum absolute atomic E-state index is 0. The molecule has 1 heterocycles. The molecule has 1 saturated heterocycles. The maximum atomic E-state index is 11.9. The van der Waals surface area contributed by atoms with Crippen LogP contribution in [0.3, 0.4) is 0 Å². The zero-order valence-corrected chi connectivity index (χ0v) is 11.2. The summed E-state index contributed by atoms with van der Waals surface area (Å²) < 4.78 is 26.4. The lowest BCUT2D eigenvalue weighted by molar-refractivity contribution is 0.407. The summed E-state index contributed by atoms with van der Waals surface area (Å²) in [5.41, 5.74) is 0.881. The molecule has 1 aromatic carbocycles. The Bertz CT molecular complexity index is 517. The van der Waals surface area contributed by atoms with Gasteiger partial charge in [-0.05, 0) is 31.7 Å². The second-order valence-electron chi connectivity index (χ2n) is 4.62. The molecule has 1 N–H and O–H groups in total. The van der Waals surface area contributed by atoms with Crippen molar-refractivity contribution in [1.29, 1.82) is 0 Å². The topological polar surface area (TPSA) is 49.4 Å². The molecule has 0 aromatic heterocycles. The number of likely N-dealkylation sites (tertiary alicyclic amines) is 1. The van der Waals surface area contributed by atoms with Gasteiger partial charge in [0.05, 0.1) is 0 Å². The van der Waals surface area contributed by atoms with Crippen molar-refractivity contribution < 1.29 is 9.84 Å². The van der Waals surface area contributed by atoms with E-state index in [4.69, 9.17) is 0 Å². The molecule has 1 unspecified atom stereocenters. The van der Waals surface area contributed by atoms with Crippen LogP contribution in [0.4, 0.5) is 0 Å². The largest absolute Gasteiger partial charge is 0.305 e. The first-order valence-corrected chi connectivity index (χ1v) is 7.54. The molecule has 1 aromatic rings. The van der Waals surface area contributed by atoms with Gasteiger partial charge in [-0.3, -0.25) is 0 Å². The van der Waals surface area contributed by atoms with E-state index in [2.05, 4.69) is 9.62 Å². The average molecular weight is 268 g/mol. The lowest BCUT2D eigenvalue weighted by Crippen LogP contribution is -2.35. The fourth-order valence-corrected chi connectivity index (χ4v) is 3.11. The number of nitrogens with zero attached hydrogens (tertiary/aromatic N) is 1. The zero-order chi connectivity index (χ0) is 13.0. The van der Waals surface area contributed by atoms with Crippen LogP contribution in [0, 0.1) is 0 Å². The highest BCUT2D eigenvalue weighted by Gasteiger charge is 2.22. The number of likely N-dealkylation sites (N-methyl/N-ethyl adjacent to an activating group) is 1. The Hall–Kier alpha value is -1.17. The molecule has 0 bridgehead atoms. The number of hydrogen-bond acceptors (Lipinski definition) is 3. The summed E-state index contributed by atoms with van der Waals surface area (Å²) in [6, 6.07) is 9.43. The number of rotatable bonds is 4. The van der Waals surface area contributed by atoms with E-state index in [9.17, 15) is 8.42 Å². The van der Waals surface area contributed by atoms with E-state index in [1.165, 1.54) is 5.41 Å². The Labute approximate surface area is 110 Å². The molecule has 18 heavy (non-hydrogen) atoms. The maximum absolute atomic E-state index is 11.9. The predicted octanol–water partition coefficient (Wildman–Crippen LogP) is 1.53. The molecular formula is C13H20N2O2S. The van der Waals surface area contributed by atoms with Crippen molar-refractivity contribution in [3.8, 4) is 0 Å². The van der Waals surface area contributed by atoms with Crippen molar-refractivity contribution >= 4 is 16.1 Å². The van der Waals surface area contributed by atoms with Crippen LogP contribution in [0.15, 0.2) is 35.7 Å². The van der Waals surface area contributed by atoms with Crippen LogP contribution >= 0.6 is 0 Å². The highest BCUT2D eigenvalue weighted by molar-refractivity contribution is 7.92. The van der Waals surface area contributed by atoms with Crippen molar-refractivity contribution in [3.05, 3.63) is 41.3 Å². The first-order chi connectivity index (χ1) is 8.55. The Morgan fingerprint density at radius 2 is 2.11 bits per heavy atom. The molecule has 0 spiro atoms. The van der Waals surface area contributed by atoms with Crippen molar-refractivity contribution in [3.63, 3.8) is 0 Å². The van der Waals surface area contributed by atoms with Gasteiger partial charge < -0.3 is 4.90 Å². The van der Waals surface area contributed by atoms with Gasteiger partial charge in [-0.2, -0.15) is 0 Å². The zero-order valence-electron chi connectivity index (χ0n) is 10.4. The lowest BCUT2D eigenvalue weighted by Gasteiger charge is -2.10. The number of hydrogen-bond donors (Lipinski definition) is 1. The molecule has 4 nitrogen and oxygen atoms in total. The van der Waals surface area contributed by atoms with Gasteiger partial charge in [0.25, 0.3) is 0 Å². The van der Waals surface area contributed by atoms with Crippen molar-refractivity contribution in [2.45, 2.75) is 12.5 Å². The Kier molecular flexibility index (Phi) is 4.16. The quantitative estimate of drug-likeness (QED) is 0.901. The third-order valence-electron chi connectivity index (χ3n) is 2.96. The first kappa shape index (κ1) is 13.3. The number of benzene rings is 1. The molecule has 100 valence electrons. The summed E-state index contributed by atoms with van der Waals surface area (Å²) in [6.07, 6.45) is 2.48. The maximum Gasteiger partial charge on any atom is 0.234 e. The molecule has 0 amide bonds. The average Bonchev–Trinajstić information content (AvgIpc) is 2.73. The van der Waals surface area contributed by atoms with Gasteiger partial charge in [0.2, 0.25) is 10.0 Å². The summed E-state index contributed by atoms with van der Waals surface area (Å²) >= 11 is 0. The highest BCUT2D eigenvalue weighted by atomic mass is 32.2. The minimum Gasteiger partial charge on any atom is -0.305 e. The number of sulfonamides is 1. The van der Waals surface area contributed by atoms with E-state index in [-0.39, 0.29) is 7.47 Å².